The highest BCUT2D eigenvalue weighted by molar-refractivity contribution is 7.99. The fourth-order valence-electron chi connectivity index (χ4n) is 1.94. The van der Waals surface area contributed by atoms with Crippen LogP contribution in [0.25, 0.3) is 0 Å². The molecule has 1 aliphatic carbocycles. The molecule has 0 aliphatic heterocycles. The van der Waals surface area contributed by atoms with Crippen LogP contribution in [0.1, 0.15) is 39.5 Å². The Labute approximate surface area is 109 Å². The molecule has 4 heteroatoms. The molecule has 98 valence electrons. The maximum Gasteiger partial charge on any atom is 0.105 e. The van der Waals surface area contributed by atoms with Crippen molar-refractivity contribution in [2.45, 2.75) is 56.4 Å². The summed E-state index contributed by atoms with van der Waals surface area (Å²) >= 11 is 1.93. The standard InChI is InChI=1S/C13H24N2OS/c1-11(17-8-4-7-16-3)9-13(2,10-14)15-12-5-6-12/h11-12,15H,4-9H2,1-3H3. The first kappa shape index (κ1) is 14.8. The third-order valence-electron chi connectivity index (χ3n) is 2.94. The van der Waals surface area contributed by atoms with Crippen LogP contribution in [0.4, 0.5) is 0 Å². The van der Waals surface area contributed by atoms with Crippen molar-refractivity contribution in [2.75, 3.05) is 19.5 Å². The molecule has 0 aromatic carbocycles. The number of nitrogens with one attached hydrogen (secondary N) is 1. The van der Waals surface area contributed by atoms with Crippen LogP contribution < -0.4 is 5.32 Å². The average molecular weight is 256 g/mol. The maximum atomic E-state index is 9.28. The fourth-order valence-corrected chi connectivity index (χ4v) is 3.07. The van der Waals surface area contributed by atoms with Gasteiger partial charge in [-0.1, -0.05) is 6.92 Å². The van der Waals surface area contributed by atoms with E-state index >= 15 is 0 Å². The van der Waals surface area contributed by atoms with Crippen molar-refractivity contribution in [1.29, 1.82) is 5.26 Å². The Balaban J connectivity index is 2.21. The zero-order chi connectivity index (χ0) is 12.7. The molecule has 2 unspecified atom stereocenters. The number of thioether (sulfide) groups is 1. The van der Waals surface area contributed by atoms with Crippen LogP contribution in [-0.2, 0) is 4.74 Å². The summed E-state index contributed by atoms with van der Waals surface area (Å²) in [4.78, 5) is 0. The highest BCUT2D eigenvalue weighted by atomic mass is 32.2. The molecule has 3 nitrogen and oxygen atoms in total. The second-order valence-electron chi connectivity index (χ2n) is 5.09. The number of nitriles is 1. The zero-order valence-corrected chi connectivity index (χ0v) is 12.0. The minimum Gasteiger partial charge on any atom is -0.385 e. The molecule has 1 N–H and O–H groups in total. The van der Waals surface area contributed by atoms with Crippen molar-refractivity contribution >= 4 is 11.8 Å². The number of rotatable bonds is 9. The van der Waals surface area contributed by atoms with E-state index in [4.69, 9.17) is 4.74 Å². The maximum absolute atomic E-state index is 9.28. The molecule has 0 spiro atoms. The topological polar surface area (TPSA) is 45.0 Å². The quantitative estimate of drug-likeness (QED) is 0.644. The predicted octanol–water partition coefficient (Wildman–Crippen LogP) is 2.57. The van der Waals surface area contributed by atoms with Gasteiger partial charge >= 0.3 is 0 Å². The van der Waals surface area contributed by atoms with Crippen molar-refractivity contribution in [3.05, 3.63) is 0 Å². The van der Waals surface area contributed by atoms with E-state index in [1.807, 2.05) is 18.7 Å². The molecule has 0 saturated heterocycles. The molecule has 17 heavy (non-hydrogen) atoms. The van der Waals surface area contributed by atoms with Gasteiger partial charge in [-0.25, -0.2) is 0 Å². The van der Waals surface area contributed by atoms with Crippen LogP contribution >= 0.6 is 11.8 Å². The SMILES string of the molecule is COCCCSC(C)CC(C)(C#N)NC1CC1. The Hall–Kier alpha value is -0.240. The van der Waals surface area contributed by atoms with Gasteiger partial charge in [0.15, 0.2) is 0 Å². The minimum atomic E-state index is -0.352. The first-order valence-corrected chi connectivity index (χ1v) is 7.44. The Morgan fingerprint density at radius 3 is 2.82 bits per heavy atom. The molecule has 1 fully saturated rings. The Kier molecular flexibility index (Phi) is 6.32. The number of hydrogen-bond donors (Lipinski definition) is 1. The van der Waals surface area contributed by atoms with E-state index in [9.17, 15) is 5.26 Å². The van der Waals surface area contributed by atoms with E-state index in [2.05, 4.69) is 18.3 Å². The summed E-state index contributed by atoms with van der Waals surface area (Å²) in [6, 6.07) is 3.02. The number of ether oxygens (including phenoxy) is 1. The second-order valence-corrected chi connectivity index (χ2v) is 6.64. The Morgan fingerprint density at radius 1 is 1.59 bits per heavy atom. The lowest BCUT2D eigenvalue weighted by molar-refractivity contribution is 0.200. The van der Waals surface area contributed by atoms with Crippen LogP contribution in [0.15, 0.2) is 0 Å². The molecule has 0 aromatic heterocycles. The predicted molar refractivity (Wildman–Crippen MR) is 73.2 cm³/mol. The van der Waals surface area contributed by atoms with E-state index in [1.165, 1.54) is 12.8 Å². The average Bonchev–Trinajstić information content (AvgIpc) is 3.08. The van der Waals surface area contributed by atoms with Gasteiger partial charge < -0.3 is 4.74 Å². The number of hydrogen-bond acceptors (Lipinski definition) is 4. The van der Waals surface area contributed by atoms with Crippen LogP contribution in [0.5, 0.6) is 0 Å². The van der Waals surface area contributed by atoms with Crippen molar-refractivity contribution < 1.29 is 4.74 Å². The summed E-state index contributed by atoms with van der Waals surface area (Å²) in [5.41, 5.74) is -0.352. The lowest BCUT2D eigenvalue weighted by Crippen LogP contribution is -2.44. The number of methoxy groups -OCH3 is 1. The Bertz CT molecular complexity index is 263. The molecule has 0 amide bonds. The summed E-state index contributed by atoms with van der Waals surface area (Å²) in [7, 11) is 1.74. The molecule has 0 heterocycles. The molecular weight excluding hydrogens is 232 g/mol. The van der Waals surface area contributed by atoms with Gasteiger partial charge in [-0.3, -0.25) is 5.32 Å². The monoisotopic (exact) mass is 256 g/mol. The second kappa shape index (κ2) is 7.25. The minimum absolute atomic E-state index is 0.352. The van der Waals surface area contributed by atoms with Crippen LogP contribution in [0.3, 0.4) is 0 Å². The van der Waals surface area contributed by atoms with Gasteiger partial charge in [0.05, 0.1) is 6.07 Å². The van der Waals surface area contributed by atoms with Crippen LogP contribution in [-0.4, -0.2) is 36.3 Å². The summed E-state index contributed by atoms with van der Waals surface area (Å²) < 4.78 is 5.03. The third kappa shape index (κ3) is 6.30. The highest BCUT2D eigenvalue weighted by Gasteiger charge is 2.33. The molecule has 2 atom stereocenters. The van der Waals surface area contributed by atoms with Gasteiger partial charge in [-0.05, 0) is 38.4 Å². The van der Waals surface area contributed by atoms with E-state index in [-0.39, 0.29) is 5.54 Å². The first-order chi connectivity index (χ1) is 8.09. The van der Waals surface area contributed by atoms with Gasteiger partial charge in [-0.15, -0.1) is 0 Å². The van der Waals surface area contributed by atoms with Gasteiger partial charge in [-0.2, -0.15) is 17.0 Å². The Morgan fingerprint density at radius 2 is 2.29 bits per heavy atom. The molecule has 0 radical (unpaired) electrons. The lowest BCUT2D eigenvalue weighted by atomic mass is 9.98. The fraction of sp³-hybridized carbons (Fsp3) is 0.923. The van der Waals surface area contributed by atoms with E-state index in [1.54, 1.807) is 7.11 Å². The highest BCUT2D eigenvalue weighted by Crippen LogP contribution is 2.27. The molecule has 1 aliphatic rings. The van der Waals surface area contributed by atoms with Crippen LogP contribution in [0, 0.1) is 11.3 Å². The zero-order valence-electron chi connectivity index (χ0n) is 11.2. The van der Waals surface area contributed by atoms with Crippen molar-refractivity contribution in [3.63, 3.8) is 0 Å². The van der Waals surface area contributed by atoms with Gasteiger partial charge in [0.1, 0.15) is 5.54 Å². The largest absolute Gasteiger partial charge is 0.385 e. The third-order valence-corrected chi connectivity index (χ3v) is 4.20. The van der Waals surface area contributed by atoms with Crippen molar-refractivity contribution in [3.8, 4) is 6.07 Å². The summed E-state index contributed by atoms with van der Waals surface area (Å²) in [6.07, 6.45) is 4.46. The lowest BCUT2D eigenvalue weighted by Gasteiger charge is -2.26. The molecule has 0 bridgehead atoms. The van der Waals surface area contributed by atoms with Crippen LogP contribution in [0.2, 0.25) is 0 Å². The molecule has 1 rings (SSSR count). The van der Waals surface area contributed by atoms with Gasteiger partial charge in [0.2, 0.25) is 0 Å². The molecule has 1 saturated carbocycles. The smallest absolute Gasteiger partial charge is 0.105 e. The number of nitrogens with zero attached hydrogens (tertiary/aromatic N) is 1. The summed E-state index contributed by atoms with van der Waals surface area (Å²) in [5, 5.41) is 13.2. The normalized spacial score (nSPS) is 20.6. The van der Waals surface area contributed by atoms with E-state index in [0.29, 0.717) is 11.3 Å². The van der Waals surface area contributed by atoms with Gasteiger partial charge in [0.25, 0.3) is 0 Å². The summed E-state index contributed by atoms with van der Waals surface area (Å²) in [6.45, 7) is 5.06. The molecule has 0 aromatic rings. The van der Waals surface area contributed by atoms with Gasteiger partial charge in [0, 0.05) is 25.0 Å². The van der Waals surface area contributed by atoms with Crippen molar-refractivity contribution in [1.82, 2.24) is 5.32 Å². The van der Waals surface area contributed by atoms with Crippen molar-refractivity contribution in [2.24, 2.45) is 0 Å². The first-order valence-electron chi connectivity index (χ1n) is 6.39. The van der Waals surface area contributed by atoms with E-state index < -0.39 is 0 Å². The summed E-state index contributed by atoms with van der Waals surface area (Å²) in [5.74, 6) is 1.11. The molecular formula is C13H24N2OS. The van der Waals surface area contributed by atoms with E-state index in [0.717, 1.165) is 25.2 Å².